The van der Waals surface area contributed by atoms with E-state index in [-0.39, 0.29) is 0 Å². The molecule has 112 valence electrons. The highest BCUT2D eigenvalue weighted by atomic mass is 15.2. The Labute approximate surface area is 124 Å². The third kappa shape index (κ3) is 4.32. The molecule has 1 unspecified atom stereocenters. The summed E-state index contributed by atoms with van der Waals surface area (Å²) in [6.07, 6.45) is 5.32. The van der Waals surface area contributed by atoms with Gasteiger partial charge in [0.2, 0.25) is 0 Å². The van der Waals surface area contributed by atoms with Crippen LogP contribution in [0.5, 0.6) is 0 Å². The maximum atomic E-state index is 3.60. The molecular weight excluding hydrogens is 244 g/mol. The van der Waals surface area contributed by atoms with E-state index in [2.05, 4.69) is 49.2 Å². The van der Waals surface area contributed by atoms with E-state index in [1.807, 2.05) is 0 Å². The number of hydrogen-bond donors (Lipinski definition) is 1. The maximum absolute atomic E-state index is 3.60. The van der Waals surface area contributed by atoms with E-state index in [0.29, 0.717) is 0 Å². The van der Waals surface area contributed by atoms with E-state index in [9.17, 15) is 0 Å². The molecule has 1 saturated heterocycles. The van der Waals surface area contributed by atoms with Crippen LogP contribution in [0.15, 0.2) is 18.2 Å². The Morgan fingerprint density at radius 1 is 1.25 bits per heavy atom. The Bertz CT molecular complexity index is 414. The summed E-state index contributed by atoms with van der Waals surface area (Å²) < 4.78 is 0. The van der Waals surface area contributed by atoms with Gasteiger partial charge in [-0.2, -0.15) is 0 Å². The average molecular weight is 274 g/mol. The fraction of sp³-hybridized carbons (Fsp3) is 0.667. The van der Waals surface area contributed by atoms with Crippen molar-refractivity contribution in [1.29, 1.82) is 0 Å². The summed E-state index contributed by atoms with van der Waals surface area (Å²) >= 11 is 0. The van der Waals surface area contributed by atoms with Crippen molar-refractivity contribution in [1.82, 2.24) is 10.2 Å². The topological polar surface area (TPSA) is 15.3 Å². The second kappa shape index (κ2) is 7.80. The Morgan fingerprint density at radius 2 is 2.10 bits per heavy atom. The van der Waals surface area contributed by atoms with Crippen LogP contribution in [0.3, 0.4) is 0 Å². The van der Waals surface area contributed by atoms with Gasteiger partial charge in [0.05, 0.1) is 0 Å². The van der Waals surface area contributed by atoms with Crippen LogP contribution in [0, 0.1) is 13.8 Å². The minimum atomic E-state index is 0.718. The number of hydrogen-bond acceptors (Lipinski definition) is 2. The molecule has 2 nitrogen and oxygen atoms in total. The summed E-state index contributed by atoms with van der Waals surface area (Å²) in [6, 6.07) is 7.56. The first-order chi connectivity index (χ1) is 9.70. The highest BCUT2D eigenvalue weighted by molar-refractivity contribution is 5.30. The van der Waals surface area contributed by atoms with E-state index in [1.54, 1.807) is 0 Å². The number of nitrogens with one attached hydrogen (secondary N) is 1. The van der Waals surface area contributed by atoms with Crippen molar-refractivity contribution < 1.29 is 0 Å². The first-order valence-corrected chi connectivity index (χ1v) is 8.21. The smallest absolute Gasteiger partial charge is 0.0239 e. The molecule has 0 bridgehead atoms. The molecule has 1 heterocycles. The molecule has 1 N–H and O–H groups in total. The molecule has 0 saturated carbocycles. The Kier molecular flexibility index (Phi) is 6.06. The second-order valence-corrected chi connectivity index (χ2v) is 6.25. The number of benzene rings is 1. The third-order valence-corrected chi connectivity index (χ3v) is 4.43. The lowest BCUT2D eigenvalue weighted by molar-refractivity contribution is 0.137. The van der Waals surface area contributed by atoms with E-state index in [0.717, 1.165) is 25.7 Å². The van der Waals surface area contributed by atoms with Crippen LogP contribution in [0.1, 0.15) is 49.3 Å². The summed E-state index contributed by atoms with van der Waals surface area (Å²) in [5, 5.41) is 3.60. The molecule has 20 heavy (non-hydrogen) atoms. The molecule has 1 aromatic rings. The number of piperidine rings is 1. The van der Waals surface area contributed by atoms with Crippen molar-refractivity contribution in [3.63, 3.8) is 0 Å². The zero-order valence-electron chi connectivity index (χ0n) is 13.4. The lowest BCUT2D eigenvalue weighted by Crippen LogP contribution is -2.45. The monoisotopic (exact) mass is 274 g/mol. The summed E-state index contributed by atoms with van der Waals surface area (Å²) in [7, 11) is 0. The van der Waals surface area contributed by atoms with Gasteiger partial charge in [-0.05, 0) is 57.3 Å². The molecule has 0 radical (unpaired) electrons. The Morgan fingerprint density at radius 3 is 2.90 bits per heavy atom. The van der Waals surface area contributed by atoms with E-state index in [1.165, 1.54) is 48.9 Å². The molecule has 1 aliphatic heterocycles. The minimum Gasteiger partial charge on any atom is -0.315 e. The SMILES string of the molecule is CCCNCC1CCCCN1Cc1cc(C)ccc1C. The Balaban J connectivity index is 1.98. The number of aryl methyl sites for hydroxylation is 2. The first kappa shape index (κ1) is 15.5. The predicted molar refractivity (Wildman–Crippen MR) is 87.1 cm³/mol. The molecule has 1 atom stereocenters. The van der Waals surface area contributed by atoms with Crippen molar-refractivity contribution in [2.45, 2.75) is 59.0 Å². The van der Waals surface area contributed by atoms with Gasteiger partial charge < -0.3 is 5.32 Å². The van der Waals surface area contributed by atoms with Crippen LogP contribution in [0.4, 0.5) is 0 Å². The highest BCUT2D eigenvalue weighted by Crippen LogP contribution is 2.21. The lowest BCUT2D eigenvalue weighted by Gasteiger charge is -2.36. The van der Waals surface area contributed by atoms with Gasteiger partial charge in [0, 0.05) is 19.1 Å². The zero-order valence-corrected chi connectivity index (χ0v) is 13.4. The molecule has 1 aromatic carbocycles. The third-order valence-electron chi connectivity index (χ3n) is 4.43. The van der Waals surface area contributed by atoms with E-state index < -0.39 is 0 Å². The standard InChI is InChI=1S/C18H30N2/c1-4-10-19-13-18-7-5-6-11-20(18)14-17-12-15(2)8-9-16(17)3/h8-9,12,18-19H,4-7,10-11,13-14H2,1-3H3. The minimum absolute atomic E-state index is 0.718. The van der Waals surface area contributed by atoms with E-state index >= 15 is 0 Å². The van der Waals surface area contributed by atoms with Gasteiger partial charge in [0.25, 0.3) is 0 Å². The fourth-order valence-electron chi connectivity index (χ4n) is 3.13. The molecule has 0 amide bonds. The summed E-state index contributed by atoms with van der Waals surface area (Å²) in [4.78, 5) is 2.69. The van der Waals surface area contributed by atoms with Crippen LogP contribution in [0.25, 0.3) is 0 Å². The second-order valence-electron chi connectivity index (χ2n) is 6.25. The van der Waals surface area contributed by atoms with Crippen molar-refractivity contribution in [3.05, 3.63) is 34.9 Å². The van der Waals surface area contributed by atoms with Gasteiger partial charge in [0.1, 0.15) is 0 Å². The van der Waals surface area contributed by atoms with Crippen LogP contribution in [-0.4, -0.2) is 30.6 Å². The summed E-state index contributed by atoms with van der Waals surface area (Å²) in [6.45, 7) is 11.3. The van der Waals surface area contributed by atoms with Crippen molar-refractivity contribution in [3.8, 4) is 0 Å². The summed E-state index contributed by atoms with van der Waals surface area (Å²) in [5.41, 5.74) is 4.32. The molecule has 2 heteroatoms. The number of likely N-dealkylation sites (tertiary alicyclic amines) is 1. The molecule has 0 aromatic heterocycles. The maximum Gasteiger partial charge on any atom is 0.0239 e. The summed E-state index contributed by atoms with van der Waals surface area (Å²) in [5.74, 6) is 0. The largest absolute Gasteiger partial charge is 0.315 e. The van der Waals surface area contributed by atoms with E-state index in [4.69, 9.17) is 0 Å². The van der Waals surface area contributed by atoms with Gasteiger partial charge in [-0.3, -0.25) is 4.90 Å². The predicted octanol–water partition coefficient (Wildman–Crippen LogP) is 3.66. The van der Waals surface area contributed by atoms with Gasteiger partial charge in [-0.15, -0.1) is 0 Å². The van der Waals surface area contributed by atoms with Crippen molar-refractivity contribution >= 4 is 0 Å². The van der Waals surface area contributed by atoms with Gasteiger partial charge >= 0.3 is 0 Å². The van der Waals surface area contributed by atoms with Crippen LogP contribution >= 0.6 is 0 Å². The zero-order chi connectivity index (χ0) is 14.4. The molecule has 2 rings (SSSR count). The molecule has 0 spiro atoms. The first-order valence-electron chi connectivity index (χ1n) is 8.21. The number of rotatable bonds is 6. The fourth-order valence-corrected chi connectivity index (χ4v) is 3.13. The van der Waals surface area contributed by atoms with Gasteiger partial charge in [0.15, 0.2) is 0 Å². The van der Waals surface area contributed by atoms with Crippen LogP contribution in [-0.2, 0) is 6.54 Å². The van der Waals surface area contributed by atoms with Gasteiger partial charge in [-0.1, -0.05) is 37.1 Å². The van der Waals surface area contributed by atoms with Crippen molar-refractivity contribution in [2.75, 3.05) is 19.6 Å². The highest BCUT2D eigenvalue weighted by Gasteiger charge is 2.22. The number of nitrogens with zero attached hydrogens (tertiary/aromatic N) is 1. The lowest BCUT2D eigenvalue weighted by atomic mass is 9.99. The molecule has 1 fully saturated rings. The molecular formula is C18H30N2. The Hall–Kier alpha value is -0.860. The van der Waals surface area contributed by atoms with Crippen LogP contribution in [0.2, 0.25) is 0 Å². The average Bonchev–Trinajstić information content (AvgIpc) is 2.45. The molecule has 0 aliphatic carbocycles. The quantitative estimate of drug-likeness (QED) is 0.796. The normalized spacial score (nSPS) is 20.2. The molecule has 1 aliphatic rings. The van der Waals surface area contributed by atoms with Crippen LogP contribution < -0.4 is 5.32 Å². The van der Waals surface area contributed by atoms with Gasteiger partial charge in [-0.25, -0.2) is 0 Å². The van der Waals surface area contributed by atoms with Crippen molar-refractivity contribution in [2.24, 2.45) is 0 Å².